The number of nitrogens with zero attached hydrogens (tertiary/aromatic N) is 2. The average Bonchev–Trinajstić information content (AvgIpc) is 1.70. The number of carbonyl (C=O) groups excluding carboxylic acids is 2. The van der Waals surface area contributed by atoms with Gasteiger partial charge in [0, 0.05) is 12.4 Å². The minimum absolute atomic E-state index is 0.0307. The molecule has 6 N–H and O–H groups in total. The minimum atomic E-state index is -4.07. The molecule has 1 amide bonds. The van der Waals surface area contributed by atoms with Gasteiger partial charge in [0.05, 0.1) is 53.5 Å². The van der Waals surface area contributed by atoms with E-state index in [0.29, 0.717) is 88.6 Å². The highest BCUT2D eigenvalue weighted by molar-refractivity contribution is 7.90. The van der Waals surface area contributed by atoms with Crippen LogP contribution in [0.4, 0.5) is 9.59 Å². The van der Waals surface area contributed by atoms with E-state index in [-0.39, 0.29) is 87.0 Å². The van der Waals surface area contributed by atoms with Crippen LogP contribution in [-0.4, -0.2) is 97.6 Å². The van der Waals surface area contributed by atoms with Crippen LogP contribution in [0.5, 0.6) is 11.5 Å². The van der Waals surface area contributed by atoms with E-state index in [1.54, 1.807) is 36.7 Å². The number of aromatic nitrogens is 2. The average molecular weight is 1310 g/mol. The molecular weight excluding hydrogens is 1190 g/mol. The summed E-state index contributed by atoms with van der Waals surface area (Å²) in [7, 11) is -7.68. The second-order valence-corrected chi connectivity index (χ2v) is 34.5. The van der Waals surface area contributed by atoms with E-state index in [0.717, 1.165) is 63.7 Å². The first kappa shape index (κ1) is 71.0. The number of rotatable bonds is 15. The highest BCUT2D eigenvalue weighted by Crippen LogP contribution is 2.71. The SMILES string of the molecule is CC(C)Oc1ccc(S(N)(=O)=O)cc1.CC[C@H]1[C@@H](O)[C@@H]2[C@H](CC[C@]3(C)[C@@H]([C@H](C)COC(=O)NS(=O)(=O)c4ccc(OC(C)C)cc4)CC[C@@H]23)[C@@]2(C)CC[C@@H](O)C[C@@H]12.CC[C@H]1[C@@H](O)[C@@H]2[C@H](CC[C@]3(C)[C@@H]([C@H](C)COC(=O)n4ccnc4)CC[C@@H]23)[C@@]2(C)CC[C@@H](C)C[C@@H]12. The Morgan fingerprint density at radius 3 is 1.49 bits per heavy atom. The summed E-state index contributed by atoms with van der Waals surface area (Å²) in [6.45, 7) is 29.4. The summed E-state index contributed by atoms with van der Waals surface area (Å²) >= 11 is 0. The number of sulfonamides is 2. The molecule has 0 radical (unpaired) electrons. The summed E-state index contributed by atoms with van der Waals surface area (Å²) in [6, 6.07) is 12.0. The Morgan fingerprint density at radius 2 is 1.04 bits per heavy atom. The number of amides is 1. The summed E-state index contributed by atoms with van der Waals surface area (Å²) in [5.41, 5.74) is 0.807. The Kier molecular flexibility index (Phi) is 22.0. The first-order valence-electron chi connectivity index (χ1n) is 34.8. The Morgan fingerprint density at radius 1 is 0.604 bits per heavy atom. The standard InChI is InChI=1S/C34H53NO7S.C29H46N2O3.C9H13NO3S/c1-7-25-29-18-22(36)14-16-34(29,6)28-15-17-33(5)26(12-13-27(33)30(28)31(25)37)21(4)19-41-32(38)35-43(39,40)24-10-8-23(9-11-24)42-20(2)3;1-6-20-24-15-18(2)9-11-29(24,5)23-10-12-28(4)21(7-8-22(28)25(23)26(20)32)19(3)16-34-27(33)31-14-13-30-17-31;1-7(2)13-8-3-5-9(6-4-8)14(10,11)12/h8-11,20-22,25-31,36-37H,7,12-19H2,1-6H3,(H,35,38);13-14,17-26,32H,6-12,15-16H2,1-5H3;3-7H,1-2H3,(H2,10,11,12)/t21-,22-,25-,26-,27+,28+,29+,30+,31-,33-,34-;18-,19-,20-,21-,22+,23+,24+,25+,26-,28-,29-;/m11./s1. The van der Waals surface area contributed by atoms with Gasteiger partial charge < -0.3 is 34.3 Å². The van der Waals surface area contributed by atoms with Crippen molar-refractivity contribution in [1.82, 2.24) is 14.3 Å². The quantitative estimate of drug-likeness (QED) is 0.0949. The van der Waals surface area contributed by atoms with Gasteiger partial charge in [-0.05, 0) is 270 Å². The first-order valence-corrected chi connectivity index (χ1v) is 37.8. The van der Waals surface area contributed by atoms with Gasteiger partial charge in [-0.3, -0.25) is 0 Å². The molecule has 0 unspecified atom stereocenters. The van der Waals surface area contributed by atoms with Crippen molar-refractivity contribution in [2.45, 2.75) is 233 Å². The molecule has 0 saturated heterocycles. The van der Waals surface area contributed by atoms with Gasteiger partial charge in [0.25, 0.3) is 10.0 Å². The van der Waals surface area contributed by atoms with Crippen LogP contribution >= 0.6 is 0 Å². The number of ether oxygens (including phenoxy) is 4. The Labute approximate surface area is 545 Å². The third-order valence-corrected chi connectivity index (χ3v) is 27.8. The number of aliphatic hydroxyl groups excluding tert-OH is 3. The number of nitrogens with one attached hydrogen (secondary N) is 1. The van der Waals surface area contributed by atoms with E-state index in [4.69, 9.17) is 24.1 Å². The van der Waals surface area contributed by atoms with Gasteiger partial charge in [0.1, 0.15) is 17.8 Å². The molecule has 8 aliphatic carbocycles. The summed E-state index contributed by atoms with van der Waals surface area (Å²) in [5, 5.41) is 39.3. The van der Waals surface area contributed by atoms with Crippen LogP contribution in [0.3, 0.4) is 0 Å². The van der Waals surface area contributed by atoms with Gasteiger partial charge in [-0.2, -0.15) is 0 Å². The van der Waals surface area contributed by atoms with E-state index in [2.05, 4.69) is 72.0 Å². The molecule has 0 spiro atoms. The third kappa shape index (κ3) is 14.5. The summed E-state index contributed by atoms with van der Waals surface area (Å²) in [6.07, 6.45) is 20.6. The van der Waals surface area contributed by atoms with E-state index in [1.807, 2.05) is 27.7 Å². The molecule has 11 rings (SSSR count). The van der Waals surface area contributed by atoms with Gasteiger partial charge in [-0.25, -0.2) is 45.8 Å². The molecule has 1 aromatic heterocycles. The van der Waals surface area contributed by atoms with Crippen LogP contribution in [0.25, 0.3) is 0 Å². The normalized spacial score (nSPS) is 38.1. The van der Waals surface area contributed by atoms with Crippen molar-refractivity contribution in [2.75, 3.05) is 13.2 Å². The van der Waals surface area contributed by atoms with Crippen LogP contribution in [-0.2, 0) is 29.5 Å². The zero-order valence-corrected chi connectivity index (χ0v) is 58.5. The van der Waals surface area contributed by atoms with Crippen LogP contribution in [0, 0.1) is 110 Å². The van der Waals surface area contributed by atoms with E-state index in [1.165, 1.54) is 80.1 Å². The number of carbonyl (C=O) groups is 2. The topological polar surface area (TPSA) is 256 Å². The van der Waals surface area contributed by atoms with Crippen LogP contribution < -0.4 is 19.3 Å². The monoisotopic (exact) mass is 1300 g/mol. The smallest absolute Gasteiger partial charge is 0.421 e. The molecule has 3 aromatic rings. The van der Waals surface area contributed by atoms with Gasteiger partial charge in [-0.15, -0.1) is 0 Å². The van der Waals surface area contributed by atoms with Crippen molar-refractivity contribution in [3.05, 3.63) is 67.3 Å². The number of hydrogen-bond donors (Lipinski definition) is 5. The van der Waals surface area contributed by atoms with Gasteiger partial charge >= 0.3 is 12.2 Å². The lowest BCUT2D eigenvalue weighted by molar-refractivity contribution is -0.203. The van der Waals surface area contributed by atoms with E-state index < -0.39 is 26.1 Å². The molecule has 510 valence electrons. The molecule has 0 aliphatic heterocycles. The van der Waals surface area contributed by atoms with Crippen molar-refractivity contribution in [3.63, 3.8) is 0 Å². The largest absolute Gasteiger partial charge is 0.491 e. The molecule has 8 fully saturated rings. The third-order valence-electron chi connectivity index (χ3n) is 25.5. The Hall–Kier alpha value is -4.27. The van der Waals surface area contributed by atoms with Crippen molar-refractivity contribution in [1.29, 1.82) is 0 Å². The number of aliphatic hydroxyl groups is 3. The highest BCUT2D eigenvalue weighted by atomic mass is 32.2. The molecule has 19 heteroatoms. The van der Waals surface area contributed by atoms with Gasteiger partial charge in [0.15, 0.2) is 0 Å². The molecule has 17 nitrogen and oxygen atoms in total. The Balaban J connectivity index is 0.000000181. The zero-order valence-electron chi connectivity index (χ0n) is 56.8. The second kappa shape index (κ2) is 28.2. The molecule has 91 heavy (non-hydrogen) atoms. The lowest BCUT2D eigenvalue weighted by Crippen LogP contribution is -2.62. The fourth-order valence-corrected chi connectivity index (χ4v) is 22.7. The van der Waals surface area contributed by atoms with Crippen molar-refractivity contribution >= 4 is 32.2 Å². The molecule has 0 bridgehead atoms. The number of nitrogens with two attached hydrogens (primary N) is 1. The summed E-state index contributed by atoms with van der Waals surface area (Å²) in [5.74, 6) is 7.75. The van der Waals surface area contributed by atoms with Gasteiger partial charge in [-0.1, -0.05) is 81.6 Å². The van der Waals surface area contributed by atoms with E-state index in [9.17, 15) is 41.7 Å². The minimum Gasteiger partial charge on any atom is -0.491 e. The lowest BCUT2D eigenvalue weighted by Gasteiger charge is -2.65. The predicted molar refractivity (Wildman–Crippen MR) is 351 cm³/mol. The Bertz CT molecular complexity index is 3150. The number of imidazole rings is 1. The predicted octanol–water partition coefficient (Wildman–Crippen LogP) is 13.7. The number of benzene rings is 2. The first-order chi connectivity index (χ1) is 42.8. The maximum atomic E-state index is 12.8. The second-order valence-electron chi connectivity index (χ2n) is 31.2. The fraction of sp³-hybridized carbons (Fsp3) is 0.764. The molecule has 8 saturated carbocycles. The maximum Gasteiger partial charge on any atom is 0.421 e. The molecule has 2 aromatic carbocycles. The molecule has 8 aliphatic rings. The van der Waals surface area contributed by atoms with Crippen LogP contribution in [0.1, 0.15) is 193 Å². The highest BCUT2D eigenvalue weighted by Gasteiger charge is 2.67. The molecule has 22 atom stereocenters. The molecular formula is C72H112N4O13S2. The van der Waals surface area contributed by atoms with Crippen LogP contribution in [0.2, 0.25) is 0 Å². The lowest BCUT2D eigenvalue weighted by atomic mass is 9.41. The zero-order chi connectivity index (χ0) is 66.3. The van der Waals surface area contributed by atoms with Crippen LogP contribution in [0.15, 0.2) is 77.0 Å². The summed E-state index contributed by atoms with van der Waals surface area (Å²) in [4.78, 5) is 29.0. The summed E-state index contributed by atoms with van der Waals surface area (Å²) < 4.78 is 72.9. The number of hydrogen-bond acceptors (Lipinski definition) is 14. The van der Waals surface area contributed by atoms with Gasteiger partial charge in [0.2, 0.25) is 10.0 Å². The number of fused-ring (bicyclic) bond motifs is 10. The molecule has 1 heterocycles. The van der Waals surface area contributed by atoms with Crippen molar-refractivity contribution in [3.8, 4) is 11.5 Å². The number of primary sulfonamides is 1. The van der Waals surface area contributed by atoms with E-state index >= 15 is 0 Å². The van der Waals surface area contributed by atoms with Crippen molar-refractivity contribution in [2.24, 2.45) is 116 Å². The maximum absolute atomic E-state index is 12.8. The van der Waals surface area contributed by atoms with Crippen molar-refractivity contribution < 1.29 is 60.7 Å². The fourth-order valence-electron chi connectivity index (χ4n) is 21.3.